The molecule has 0 aromatic carbocycles. The molecule has 5 nitrogen and oxygen atoms in total. The van der Waals surface area contributed by atoms with Crippen molar-refractivity contribution in [2.45, 2.75) is 77.1 Å². The molecule has 3 saturated heterocycles. The molecule has 5 atom stereocenters. The van der Waals surface area contributed by atoms with Crippen molar-refractivity contribution in [3.05, 3.63) is 0 Å². The predicted octanol–water partition coefficient (Wildman–Crippen LogP) is 2.46. The highest BCUT2D eigenvalue weighted by Crippen LogP contribution is 2.29. The highest BCUT2D eigenvalue weighted by Gasteiger charge is 2.37. The second-order valence-electron chi connectivity index (χ2n) is 8.66. The van der Waals surface area contributed by atoms with Crippen molar-refractivity contribution < 1.29 is 9.53 Å². The van der Waals surface area contributed by atoms with Crippen LogP contribution in [-0.4, -0.2) is 65.8 Å². The number of fused-ring (bicyclic) bond motifs is 2. The second kappa shape index (κ2) is 6.60. The third-order valence-electron chi connectivity index (χ3n) is 5.59. The van der Waals surface area contributed by atoms with Gasteiger partial charge in [0.1, 0.15) is 5.60 Å². The molecule has 5 unspecified atom stereocenters. The fraction of sp³-hybridized carbons (Fsp3) is 0.944. The third-order valence-corrected chi connectivity index (χ3v) is 5.59. The Hall–Kier alpha value is -0.810. The van der Waals surface area contributed by atoms with Crippen LogP contribution in [0.15, 0.2) is 0 Å². The number of rotatable bonds is 2. The van der Waals surface area contributed by atoms with E-state index in [0.717, 1.165) is 25.3 Å². The van der Waals surface area contributed by atoms with Crippen LogP contribution in [0.25, 0.3) is 0 Å². The van der Waals surface area contributed by atoms with Crippen LogP contribution in [0.4, 0.5) is 4.79 Å². The molecule has 5 heteroatoms. The van der Waals surface area contributed by atoms with Crippen molar-refractivity contribution in [3.63, 3.8) is 0 Å². The molecule has 1 N–H and O–H groups in total. The molecule has 0 radical (unpaired) electrons. The maximum Gasteiger partial charge on any atom is 0.410 e. The Balaban J connectivity index is 1.49. The molecule has 3 aliphatic rings. The second-order valence-corrected chi connectivity index (χ2v) is 8.66. The number of ether oxygens (including phenoxy) is 1. The Morgan fingerprint density at radius 3 is 2.57 bits per heavy atom. The van der Waals surface area contributed by atoms with Crippen molar-refractivity contribution in [2.75, 3.05) is 26.2 Å². The first-order chi connectivity index (χ1) is 10.8. The smallest absolute Gasteiger partial charge is 0.410 e. The Morgan fingerprint density at radius 1 is 1.13 bits per heavy atom. The number of hydrogen-bond donors (Lipinski definition) is 1. The molecule has 0 aromatic rings. The van der Waals surface area contributed by atoms with Crippen LogP contribution >= 0.6 is 0 Å². The molecule has 0 aliphatic carbocycles. The van der Waals surface area contributed by atoms with E-state index in [9.17, 15) is 4.79 Å². The molecule has 23 heavy (non-hydrogen) atoms. The van der Waals surface area contributed by atoms with Crippen molar-refractivity contribution in [1.29, 1.82) is 0 Å². The number of nitrogens with one attached hydrogen (secondary N) is 1. The Bertz CT molecular complexity index is 434. The predicted molar refractivity (Wildman–Crippen MR) is 91.5 cm³/mol. The van der Waals surface area contributed by atoms with E-state index in [4.69, 9.17) is 4.74 Å². The molecule has 3 heterocycles. The van der Waals surface area contributed by atoms with Crippen molar-refractivity contribution in [1.82, 2.24) is 15.1 Å². The standard InChI is InChI=1S/C18H33N3O2/c1-13-11-15(6-10-21(13)17(22)23-18(2,3)4)19-16-7-9-20-8-5-14(16)12-20/h13-16,19H,5-12H2,1-4H3. The number of hydrogen-bond acceptors (Lipinski definition) is 4. The molecule has 1 amide bonds. The fourth-order valence-electron chi connectivity index (χ4n) is 4.39. The van der Waals surface area contributed by atoms with Gasteiger partial charge in [-0.2, -0.15) is 0 Å². The van der Waals surface area contributed by atoms with E-state index in [1.807, 2.05) is 25.7 Å². The molecule has 3 aliphatic heterocycles. The maximum atomic E-state index is 12.3. The van der Waals surface area contributed by atoms with Gasteiger partial charge in [-0.15, -0.1) is 0 Å². The lowest BCUT2D eigenvalue weighted by atomic mass is 9.91. The minimum atomic E-state index is -0.414. The number of carbonyl (C=O) groups is 1. The van der Waals surface area contributed by atoms with Gasteiger partial charge in [-0.3, -0.25) is 0 Å². The Kier molecular flexibility index (Phi) is 4.88. The van der Waals surface area contributed by atoms with E-state index in [1.165, 1.54) is 32.5 Å². The van der Waals surface area contributed by atoms with Crippen LogP contribution < -0.4 is 5.32 Å². The monoisotopic (exact) mass is 323 g/mol. The van der Waals surface area contributed by atoms with Gasteiger partial charge in [0, 0.05) is 31.2 Å². The van der Waals surface area contributed by atoms with Gasteiger partial charge in [0.05, 0.1) is 0 Å². The summed E-state index contributed by atoms with van der Waals surface area (Å²) in [6.45, 7) is 12.6. The summed E-state index contributed by atoms with van der Waals surface area (Å²) >= 11 is 0. The summed E-state index contributed by atoms with van der Waals surface area (Å²) in [6.07, 6.45) is 4.55. The molecular formula is C18H33N3O2. The lowest BCUT2D eigenvalue weighted by molar-refractivity contribution is 0.00843. The highest BCUT2D eigenvalue weighted by atomic mass is 16.6. The summed E-state index contributed by atoms with van der Waals surface area (Å²) in [6, 6.07) is 1.47. The van der Waals surface area contributed by atoms with E-state index in [-0.39, 0.29) is 12.1 Å². The van der Waals surface area contributed by atoms with Gasteiger partial charge in [-0.25, -0.2) is 4.79 Å². The molecule has 2 bridgehead atoms. The molecule has 0 spiro atoms. The van der Waals surface area contributed by atoms with Gasteiger partial charge in [0.15, 0.2) is 0 Å². The Labute approximate surface area is 140 Å². The first kappa shape index (κ1) is 17.0. The number of piperidine rings is 2. The molecular weight excluding hydrogens is 290 g/mol. The molecule has 0 saturated carbocycles. The number of likely N-dealkylation sites (tertiary alicyclic amines) is 1. The summed E-state index contributed by atoms with van der Waals surface area (Å²) in [4.78, 5) is 16.8. The minimum absolute atomic E-state index is 0.160. The van der Waals surface area contributed by atoms with Gasteiger partial charge in [-0.1, -0.05) is 0 Å². The quantitative estimate of drug-likeness (QED) is 0.848. The molecule has 132 valence electrons. The zero-order valence-corrected chi connectivity index (χ0v) is 15.2. The van der Waals surface area contributed by atoms with Crippen LogP contribution in [0.3, 0.4) is 0 Å². The van der Waals surface area contributed by atoms with E-state index < -0.39 is 5.60 Å². The lowest BCUT2D eigenvalue weighted by Crippen LogP contribution is -2.54. The summed E-state index contributed by atoms with van der Waals surface area (Å²) < 4.78 is 5.53. The number of amides is 1. The fourth-order valence-corrected chi connectivity index (χ4v) is 4.39. The Morgan fingerprint density at radius 2 is 1.87 bits per heavy atom. The summed E-state index contributed by atoms with van der Waals surface area (Å²) in [5.41, 5.74) is -0.414. The average molecular weight is 323 g/mol. The van der Waals surface area contributed by atoms with Crippen LogP contribution in [0.1, 0.15) is 53.4 Å². The first-order valence-electron chi connectivity index (χ1n) is 9.30. The molecule has 0 aromatic heterocycles. The van der Waals surface area contributed by atoms with Crippen molar-refractivity contribution in [2.24, 2.45) is 5.92 Å². The van der Waals surface area contributed by atoms with Crippen LogP contribution in [-0.2, 0) is 4.74 Å². The van der Waals surface area contributed by atoms with E-state index in [1.54, 1.807) is 0 Å². The topological polar surface area (TPSA) is 44.8 Å². The summed E-state index contributed by atoms with van der Waals surface area (Å²) in [7, 11) is 0. The third kappa shape index (κ3) is 4.18. The van der Waals surface area contributed by atoms with Gasteiger partial charge >= 0.3 is 6.09 Å². The normalized spacial score (nSPS) is 37.7. The van der Waals surface area contributed by atoms with Gasteiger partial charge in [0.2, 0.25) is 0 Å². The first-order valence-corrected chi connectivity index (χ1v) is 9.30. The van der Waals surface area contributed by atoms with Gasteiger partial charge in [0.25, 0.3) is 0 Å². The van der Waals surface area contributed by atoms with Crippen molar-refractivity contribution >= 4 is 6.09 Å². The van der Waals surface area contributed by atoms with Crippen LogP contribution in [0, 0.1) is 5.92 Å². The zero-order chi connectivity index (χ0) is 16.6. The summed E-state index contributed by atoms with van der Waals surface area (Å²) in [5.74, 6) is 0.836. The summed E-state index contributed by atoms with van der Waals surface area (Å²) in [5, 5.41) is 3.92. The maximum absolute atomic E-state index is 12.3. The van der Waals surface area contributed by atoms with Crippen molar-refractivity contribution in [3.8, 4) is 0 Å². The number of nitrogens with zero attached hydrogens (tertiary/aromatic N) is 2. The van der Waals surface area contributed by atoms with Gasteiger partial charge in [-0.05, 0) is 72.4 Å². The zero-order valence-electron chi connectivity index (χ0n) is 15.2. The lowest BCUT2D eigenvalue weighted by Gasteiger charge is -2.41. The average Bonchev–Trinajstić information content (AvgIpc) is 2.83. The van der Waals surface area contributed by atoms with E-state index >= 15 is 0 Å². The van der Waals surface area contributed by atoms with Crippen LogP contribution in [0.5, 0.6) is 0 Å². The minimum Gasteiger partial charge on any atom is -0.444 e. The van der Waals surface area contributed by atoms with Gasteiger partial charge < -0.3 is 19.9 Å². The number of carbonyl (C=O) groups excluding carboxylic acids is 1. The molecule has 3 rings (SSSR count). The van der Waals surface area contributed by atoms with E-state index in [0.29, 0.717) is 12.1 Å². The highest BCUT2D eigenvalue weighted by molar-refractivity contribution is 5.68. The SMILES string of the molecule is CC1CC(NC2CCN3CCC2C3)CCN1C(=O)OC(C)(C)C. The largest absolute Gasteiger partial charge is 0.444 e. The van der Waals surface area contributed by atoms with Crippen LogP contribution in [0.2, 0.25) is 0 Å². The molecule has 3 fully saturated rings. The van der Waals surface area contributed by atoms with E-state index in [2.05, 4.69) is 17.1 Å².